The normalized spacial score (nSPS) is 21.7. The van der Waals surface area contributed by atoms with E-state index in [-0.39, 0.29) is 6.10 Å². The Morgan fingerprint density at radius 2 is 1.77 bits per heavy atom. The molecule has 4 rings (SSSR count). The minimum Gasteiger partial charge on any atom is -0.454 e. The number of thiophene rings is 2. The van der Waals surface area contributed by atoms with Gasteiger partial charge in [-0.05, 0) is 41.3 Å². The lowest BCUT2D eigenvalue weighted by Crippen LogP contribution is -2.55. The van der Waals surface area contributed by atoms with Crippen molar-refractivity contribution >= 4 is 28.6 Å². The van der Waals surface area contributed by atoms with Crippen molar-refractivity contribution in [3.8, 4) is 0 Å². The number of carbonyl (C=O) groups is 1. The molecule has 0 aliphatic carbocycles. The van der Waals surface area contributed by atoms with Crippen molar-refractivity contribution in [2.75, 3.05) is 26.7 Å². The largest absolute Gasteiger partial charge is 0.454 e. The maximum absolute atomic E-state index is 13.3. The van der Waals surface area contributed by atoms with Crippen molar-refractivity contribution in [1.29, 1.82) is 0 Å². The van der Waals surface area contributed by atoms with Gasteiger partial charge in [-0.3, -0.25) is 0 Å². The van der Waals surface area contributed by atoms with Crippen LogP contribution in [-0.2, 0) is 21.6 Å². The van der Waals surface area contributed by atoms with Gasteiger partial charge < -0.3 is 14.3 Å². The number of piperidine rings is 1. The van der Waals surface area contributed by atoms with Crippen LogP contribution in [0.4, 0.5) is 0 Å². The predicted molar refractivity (Wildman–Crippen MR) is 126 cm³/mol. The Morgan fingerprint density at radius 3 is 2.39 bits per heavy atom. The van der Waals surface area contributed by atoms with Crippen LogP contribution in [0.1, 0.15) is 34.6 Å². The number of rotatable bonds is 8. The van der Waals surface area contributed by atoms with Gasteiger partial charge in [0.25, 0.3) is 0 Å². The van der Waals surface area contributed by atoms with Gasteiger partial charge in [0.1, 0.15) is 6.54 Å². The number of carbonyl (C=O) groups excluding carboxylic acids is 1. The lowest BCUT2D eigenvalue weighted by molar-refractivity contribution is -0.917. The summed E-state index contributed by atoms with van der Waals surface area (Å²) in [6.07, 6.45) is 3.87. The number of hydrogen-bond acceptors (Lipinski definition) is 5. The Hall–Kier alpha value is -1.99. The zero-order valence-corrected chi connectivity index (χ0v) is 19.5. The molecule has 1 aliphatic rings. The minimum absolute atomic E-state index is 0.172. The molecule has 164 valence electrons. The lowest BCUT2D eigenvalue weighted by Gasteiger charge is -2.41. The fraction of sp³-hybridized carbons (Fsp3) is 0.400. The first-order valence-corrected chi connectivity index (χ1v) is 12.6. The summed E-state index contributed by atoms with van der Waals surface area (Å²) in [5.74, 6) is -0.555. The van der Waals surface area contributed by atoms with E-state index in [4.69, 9.17) is 4.74 Å². The number of nitrogens with zero attached hydrogens (tertiary/aromatic N) is 1. The number of aliphatic hydroxyl groups is 1. The van der Waals surface area contributed by atoms with Gasteiger partial charge in [-0.2, -0.15) is 0 Å². The number of benzene rings is 1. The monoisotopic (exact) mass is 456 g/mol. The minimum atomic E-state index is -1.73. The smallest absolute Gasteiger partial charge is 0.349 e. The number of likely N-dealkylation sites (N-methyl/N-ethyl adjacent to an activating group) is 1. The summed E-state index contributed by atoms with van der Waals surface area (Å²) in [5.41, 5.74) is -0.359. The highest BCUT2D eigenvalue weighted by atomic mass is 32.1. The van der Waals surface area contributed by atoms with Gasteiger partial charge in [0.15, 0.2) is 6.10 Å². The zero-order valence-electron chi connectivity index (χ0n) is 17.9. The molecule has 31 heavy (non-hydrogen) atoms. The number of esters is 1. The number of ether oxygens (including phenoxy) is 1. The molecule has 3 aromatic rings. The van der Waals surface area contributed by atoms with Gasteiger partial charge >= 0.3 is 5.97 Å². The molecule has 4 nitrogen and oxygen atoms in total. The SMILES string of the molecule is C[N+]1(CCCc2ccccc2)CCCC(OC(=O)C(O)(c2cccs2)c2cccs2)C1. The van der Waals surface area contributed by atoms with Gasteiger partial charge in [0, 0.05) is 12.8 Å². The predicted octanol–water partition coefficient (Wildman–Crippen LogP) is 4.83. The highest BCUT2D eigenvalue weighted by molar-refractivity contribution is 7.12. The molecular weight excluding hydrogens is 426 g/mol. The highest BCUT2D eigenvalue weighted by Crippen LogP contribution is 2.37. The maximum Gasteiger partial charge on any atom is 0.349 e. The van der Waals surface area contributed by atoms with Crippen LogP contribution in [0.3, 0.4) is 0 Å². The van der Waals surface area contributed by atoms with Crippen LogP contribution in [0.15, 0.2) is 65.4 Å². The summed E-state index contributed by atoms with van der Waals surface area (Å²) in [6.45, 7) is 2.96. The Labute approximate surface area is 192 Å². The van der Waals surface area contributed by atoms with Crippen LogP contribution in [0.5, 0.6) is 0 Å². The van der Waals surface area contributed by atoms with Crippen LogP contribution >= 0.6 is 22.7 Å². The first-order valence-electron chi connectivity index (χ1n) is 10.9. The molecule has 3 heterocycles. The van der Waals surface area contributed by atoms with Crippen LogP contribution < -0.4 is 0 Å². The van der Waals surface area contributed by atoms with E-state index in [0.717, 1.165) is 49.8 Å². The maximum atomic E-state index is 13.3. The molecule has 0 saturated carbocycles. The van der Waals surface area contributed by atoms with Crippen LogP contribution in [0.2, 0.25) is 0 Å². The first-order chi connectivity index (χ1) is 15.0. The zero-order chi connectivity index (χ0) is 21.7. The quantitative estimate of drug-likeness (QED) is 0.390. The lowest BCUT2D eigenvalue weighted by atomic mass is 9.99. The molecule has 1 aliphatic heterocycles. The average molecular weight is 457 g/mol. The van der Waals surface area contributed by atoms with E-state index in [1.807, 2.05) is 22.9 Å². The van der Waals surface area contributed by atoms with E-state index in [2.05, 4.69) is 37.4 Å². The van der Waals surface area contributed by atoms with Gasteiger partial charge in [-0.25, -0.2) is 4.79 Å². The molecule has 0 spiro atoms. The molecule has 0 amide bonds. The van der Waals surface area contributed by atoms with Crippen molar-refractivity contribution in [3.63, 3.8) is 0 Å². The molecule has 2 atom stereocenters. The molecule has 2 aromatic heterocycles. The summed E-state index contributed by atoms with van der Waals surface area (Å²) in [5, 5.41) is 15.2. The summed E-state index contributed by atoms with van der Waals surface area (Å²) in [6, 6.07) is 17.9. The summed E-state index contributed by atoms with van der Waals surface area (Å²) in [7, 11) is 2.26. The molecular formula is C25H30NO3S2+. The number of hydrogen-bond donors (Lipinski definition) is 1. The third kappa shape index (κ3) is 5.09. The van der Waals surface area contributed by atoms with Crippen LogP contribution in [0.25, 0.3) is 0 Å². The highest BCUT2D eigenvalue weighted by Gasteiger charge is 2.46. The topological polar surface area (TPSA) is 46.5 Å². The van der Waals surface area contributed by atoms with E-state index in [0.29, 0.717) is 9.75 Å². The Morgan fingerprint density at radius 1 is 1.10 bits per heavy atom. The van der Waals surface area contributed by atoms with Gasteiger partial charge in [0.05, 0.1) is 29.9 Å². The molecule has 6 heteroatoms. The van der Waals surface area contributed by atoms with Crippen LogP contribution in [0, 0.1) is 0 Å². The molecule has 1 fully saturated rings. The van der Waals surface area contributed by atoms with Crippen molar-refractivity contribution in [2.24, 2.45) is 0 Å². The third-order valence-electron chi connectivity index (χ3n) is 6.20. The summed E-state index contributed by atoms with van der Waals surface area (Å²) < 4.78 is 6.88. The van der Waals surface area contributed by atoms with E-state index in [9.17, 15) is 9.90 Å². The second-order valence-corrected chi connectivity index (χ2v) is 10.6. The van der Waals surface area contributed by atoms with Crippen LogP contribution in [-0.4, -0.2) is 48.3 Å². The van der Waals surface area contributed by atoms with Crippen molar-refractivity contribution in [2.45, 2.75) is 37.4 Å². The fourth-order valence-electron chi connectivity index (χ4n) is 4.51. The second-order valence-electron chi connectivity index (χ2n) is 8.67. The Kier molecular flexibility index (Phi) is 6.92. The molecule has 1 aromatic carbocycles. The van der Waals surface area contributed by atoms with Crippen molar-refractivity contribution < 1.29 is 19.1 Å². The standard InChI is InChI=1S/C25H30NO3S2/c1-26(15-5-11-20-9-3-2-4-10-20)16-6-12-21(19-26)29-24(27)25(28,22-13-7-17-30-22)23-14-8-18-31-23/h2-4,7-10,13-14,17-18,21,28H,5-6,11-12,15-16,19H2,1H3/q+1. The second kappa shape index (κ2) is 9.65. The number of likely N-dealkylation sites (tertiary alicyclic amines) is 1. The summed E-state index contributed by atoms with van der Waals surface area (Å²) in [4.78, 5) is 14.5. The molecule has 0 radical (unpaired) electrons. The van der Waals surface area contributed by atoms with E-state index in [1.54, 1.807) is 12.1 Å². The Balaban J connectivity index is 1.40. The average Bonchev–Trinajstić information content (AvgIpc) is 3.49. The van der Waals surface area contributed by atoms with Gasteiger partial charge in [0.2, 0.25) is 5.60 Å². The van der Waals surface area contributed by atoms with Crippen molar-refractivity contribution in [1.82, 2.24) is 0 Å². The van der Waals surface area contributed by atoms with Gasteiger partial charge in [-0.1, -0.05) is 42.5 Å². The van der Waals surface area contributed by atoms with Crippen molar-refractivity contribution in [3.05, 3.63) is 80.7 Å². The fourth-order valence-corrected chi connectivity index (χ4v) is 6.23. The summed E-state index contributed by atoms with van der Waals surface area (Å²) >= 11 is 2.76. The van der Waals surface area contributed by atoms with E-state index < -0.39 is 11.6 Å². The molecule has 2 unspecified atom stereocenters. The molecule has 0 bridgehead atoms. The third-order valence-corrected chi connectivity index (χ3v) is 8.16. The molecule has 1 saturated heterocycles. The van der Waals surface area contributed by atoms with Gasteiger partial charge in [-0.15, -0.1) is 22.7 Å². The Bertz CT molecular complexity index is 922. The van der Waals surface area contributed by atoms with E-state index in [1.165, 1.54) is 28.2 Å². The number of aryl methyl sites for hydroxylation is 1. The first kappa shape index (κ1) is 22.2. The van der Waals surface area contributed by atoms with E-state index >= 15 is 0 Å². The number of quaternary nitrogens is 1. The molecule has 1 N–H and O–H groups in total.